The van der Waals surface area contributed by atoms with Gasteiger partial charge in [0.1, 0.15) is 5.75 Å². The molecule has 1 heterocycles. The summed E-state index contributed by atoms with van der Waals surface area (Å²) in [5.41, 5.74) is 3.43. The van der Waals surface area contributed by atoms with E-state index in [0.717, 1.165) is 21.9 Å². The van der Waals surface area contributed by atoms with Crippen LogP contribution >= 0.6 is 11.3 Å². The van der Waals surface area contributed by atoms with E-state index in [1.54, 1.807) is 39.5 Å². The molecule has 0 saturated carbocycles. The van der Waals surface area contributed by atoms with Crippen LogP contribution in [0.4, 0.5) is 5.13 Å². The second-order valence-electron chi connectivity index (χ2n) is 7.62. The normalized spacial score (nSPS) is 11.5. The van der Waals surface area contributed by atoms with Crippen LogP contribution in [0, 0.1) is 0 Å². The zero-order valence-electron chi connectivity index (χ0n) is 19.5. The van der Waals surface area contributed by atoms with Gasteiger partial charge in [-0.25, -0.2) is 4.98 Å². The number of thiazole rings is 1. The minimum Gasteiger partial charge on any atom is -0.497 e. The lowest BCUT2D eigenvalue weighted by molar-refractivity contribution is 0.102. The number of rotatable bonds is 8. The Morgan fingerprint density at radius 3 is 2.24 bits per heavy atom. The van der Waals surface area contributed by atoms with Gasteiger partial charge in [-0.1, -0.05) is 37.3 Å². The summed E-state index contributed by atoms with van der Waals surface area (Å²) in [7, 11) is 4.74. The van der Waals surface area contributed by atoms with E-state index in [0.29, 0.717) is 22.2 Å². The van der Waals surface area contributed by atoms with Gasteiger partial charge in [0.2, 0.25) is 0 Å². The summed E-state index contributed by atoms with van der Waals surface area (Å²) in [6.45, 7) is 2.15. The SMILES string of the molecule is COc1ccc(-c2nc(NC(=O)c3ccc(OC)c(OC)c3)sc2C(C)c2ccccc2)cc1. The summed E-state index contributed by atoms with van der Waals surface area (Å²) >= 11 is 1.48. The van der Waals surface area contributed by atoms with Gasteiger partial charge in [0.25, 0.3) is 5.91 Å². The highest BCUT2D eigenvalue weighted by molar-refractivity contribution is 7.16. The van der Waals surface area contributed by atoms with Crippen LogP contribution in [0.3, 0.4) is 0 Å². The Hall–Kier alpha value is -3.84. The molecule has 4 rings (SSSR count). The van der Waals surface area contributed by atoms with Crippen LogP contribution in [0.5, 0.6) is 17.2 Å². The van der Waals surface area contributed by atoms with Crippen molar-refractivity contribution in [1.29, 1.82) is 0 Å². The molecule has 174 valence electrons. The average molecular weight is 475 g/mol. The van der Waals surface area contributed by atoms with Gasteiger partial charge in [-0.3, -0.25) is 10.1 Å². The van der Waals surface area contributed by atoms with Crippen molar-refractivity contribution in [1.82, 2.24) is 4.98 Å². The Morgan fingerprint density at radius 2 is 1.59 bits per heavy atom. The minimum atomic E-state index is -0.269. The van der Waals surface area contributed by atoms with Gasteiger partial charge in [-0.2, -0.15) is 0 Å². The van der Waals surface area contributed by atoms with Gasteiger partial charge in [0, 0.05) is 21.9 Å². The van der Waals surface area contributed by atoms with Crippen molar-refractivity contribution >= 4 is 22.4 Å². The monoisotopic (exact) mass is 474 g/mol. The smallest absolute Gasteiger partial charge is 0.257 e. The molecular formula is C27H26N2O4S. The number of hydrogen-bond acceptors (Lipinski definition) is 6. The van der Waals surface area contributed by atoms with Crippen LogP contribution in [-0.4, -0.2) is 32.2 Å². The number of carbonyl (C=O) groups excluding carboxylic acids is 1. The Kier molecular flexibility index (Phi) is 7.13. The fourth-order valence-electron chi connectivity index (χ4n) is 3.67. The van der Waals surface area contributed by atoms with Gasteiger partial charge in [-0.15, -0.1) is 11.3 Å². The molecule has 0 bridgehead atoms. The molecule has 3 aromatic carbocycles. The van der Waals surface area contributed by atoms with E-state index in [1.807, 2.05) is 42.5 Å². The fraction of sp³-hybridized carbons (Fsp3) is 0.185. The second-order valence-corrected chi connectivity index (χ2v) is 8.65. The lowest BCUT2D eigenvalue weighted by Crippen LogP contribution is -2.12. The predicted molar refractivity (Wildman–Crippen MR) is 136 cm³/mol. The highest BCUT2D eigenvalue weighted by Gasteiger charge is 2.21. The molecule has 1 aromatic heterocycles. The summed E-state index contributed by atoms with van der Waals surface area (Å²) in [5.74, 6) is 1.66. The van der Waals surface area contributed by atoms with E-state index in [1.165, 1.54) is 16.9 Å². The molecular weight excluding hydrogens is 448 g/mol. The summed E-state index contributed by atoms with van der Waals surface area (Å²) in [4.78, 5) is 18.9. The molecule has 0 fully saturated rings. The first-order chi connectivity index (χ1) is 16.5. The highest BCUT2D eigenvalue weighted by Crippen LogP contribution is 2.40. The third-order valence-corrected chi connectivity index (χ3v) is 6.73. The number of anilines is 1. The maximum absolute atomic E-state index is 13.0. The molecule has 0 saturated heterocycles. The molecule has 1 N–H and O–H groups in total. The van der Waals surface area contributed by atoms with Crippen molar-refractivity contribution < 1.29 is 19.0 Å². The number of benzene rings is 3. The van der Waals surface area contributed by atoms with Crippen molar-refractivity contribution in [3.05, 3.63) is 88.8 Å². The van der Waals surface area contributed by atoms with Crippen molar-refractivity contribution in [3.63, 3.8) is 0 Å². The van der Waals surface area contributed by atoms with E-state index >= 15 is 0 Å². The van der Waals surface area contributed by atoms with E-state index in [4.69, 9.17) is 19.2 Å². The van der Waals surface area contributed by atoms with E-state index in [-0.39, 0.29) is 11.8 Å². The number of nitrogens with zero attached hydrogens (tertiary/aromatic N) is 1. The molecule has 6 nitrogen and oxygen atoms in total. The Labute approximate surface area is 203 Å². The van der Waals surface area contributed by atoms with E-state index in [9.17, 15) is 4.79 Å². The third kappa shape index (κ3) is 4.89. The van der Waals surface area contributed by atoms with Crippen molar-refractivity contribution in [2.45, 2.75) is 12.8 Å². The van der Waals surface area contributed by atoms with Crippen LogP contribution in [-0.2, 0) is 0 Å². The van der Waals surface area contributed by atoms with Gasteiger partial charge < -0.3 is 14.2 Å². The molecule has 1 unspecified atom stereocenters. The number of amides is 1. The van der Waals surface area contributed by atoms with Crippen LogP contribution in [0.2, 0.25) is 0 Å². The average Bonchev–Trinajstić information content (AvgIpc) is 3.31. The summed E-state index contributed by atoms with van der Waals surface area (Å²) < 4.78 is 15.9. The number of aromatic nitrogens is 1. The van der Waals surface area contributed by atoms with Gasteiger partial charge >= 0.3 is 0 Å². The molecule has 0 aliphatic heterocycles. The molecule has 0 aliphatic rings. The molecule has 34 heavy (non-hydrogen) atoms. The Bertz CT molecular complexity index is 1270. The first-order valence-electron chi connectivity index (χ1n) is 10.8. The highest BCUT2D eigenvalue weighted by atomic mass is 32.1. The van der Waals surface area contributed by atoms with Crippen LogP contribution in [0.1, 0.15) is 33.6 Å². The third-order valence-electron chi connectivity index (χ3n) is 5.58. The summed E-state index contributed by atoms with van der Waals surface area (Å²) in [5, 5.41) is 3.48. The van der Waals surface area contributed by atoms with E-state index < -0.39 is 0 Å². The predicted octanol–water partition coefficient (Wildman–Crippen LogP) is 6.24. The molecule has 4 aromatic rings. The maximum atomic E-state index is 13.0. The number of hydrogen-bond donors (Lipinski definition) is 1. The van der Waals surface area contributed by atoms with Gasteiger partial charge in [0.05, 0.1) is 27.0 Å². The van der Waals surface area contributed by atoms with Crippen molar-refractivity contribution in [2.75, 3.05) is 26.6 Å². The molecule has 0 radical (unpaired) electrons. The zero-order chi connectivity index (χ0) is 24.1. The van der Waals surface area contributed by atoms with Crippen LogP contribution in [0.15, 0.2) is 72.8 Å². The van der Waals surface area contributed by atoms with Crippen LogP contribution < -0.4 is 19.5 Å². The summed E-state index contributed by atoms with van der Waals surface area (Å²) in [6.07, 6.45) is 0. The first kappa shape index (κ1) is 23.3. The first-order valence-corrected chi connectivity index (χ1v) is 11.6. The quantitative estimate of drug-likeness (QED) is 0.327. The number of methoxy groups -OCH3 is 3. The van der Waals surface area contributed by atoms with Crippen LogP contribution in [0.25, 0.3) is 11.3 Å². The molecule has 0 spiro atoms. The number of nitrogens with one attached hydrogen (secondary N) is 1. The molecule has 1 atom stereocenters. The van der Waals surface area contributed by atoms with Gasteiger partial charge in [-0.05, 0) is 48.0 Å². The molecule has 7 heteroatoms. The van der Waals surface area contributed by atoms with E-state index in [2.05, 4.69) is 24.4 Å². The largest absolute Gasteiger partial charge is 0.497 e. The molecule has 0 aliphatic carbocycles. The lowest BCUT2D eigenvalue weighted by atomic mass is 9.96. The summed E-state index contributed by atoms with van der Waals surface area (Å²) in [6, 6.07) is 23.1. The second kappa shape index (κ2) is 10.4. The molecule has 1 amide bonds. The maximum Gasteiger partial charge on any atom is 0.257 e. The Balaban J connectivity index is 1.69. The van der Waals surface area contributed by atoms with Crippen molar-refractivity contribution in [2.24, 2.45) is 0 Å². The number of carbonyl (C=O) groups is 1. The topological polar surface area (TPSA) is 69.7 Å². The minimum absolute atomic E-state index is 0.0996. The lowest BCUT2D eigenvalue weighted by Gasteiger charge is -2.12. The van der Waals surface area contributed by atoms with Gasteiger partial charge in [0.15, 0.2) is 16.6 Å². The number of ether oxygens (including phenoxy) is 3. The zero-order valence-corrected chi connectivity index (χ0v) is 20.3. The standard InChI is InChI=1S/C27H26N2O4S/c1-17(18-8-6-5-7-9-18)25-24(19-10-13-21(31-2)14-11-19)28-27(34-25)29-26(30)20-12-15-22(32-3)23(16-20)33-4/h5-17H,1-4H3,(H,28,29,30). The Morgan fingerprint density at radius 1 is 0.882 bits per heavy atom. The fourth-order valence-corrected chi connectivity index (χ4v) is 4.74. The van der Waals surface area contributed by atoms with Crippen molar-refractivity contribution in [3.8, 4) is 28.5 Å².